The molecule has 0 radical (unpaired) electrons. The smallest absolute Gasteiger partial charge is 0.0863 e. The first-order chi connectivity index (χ1) is 14.7. The third kappa shape index (κ3) is 7.60. The highest BCUT2D eigenvalue weighted by atomic mass is 15.2. The van der Waals surface area contributed by atoms with Crippen molar-refractivity contribution in [3.05, 3.63) is 47.8 Å². The summed E-state index contributed by atoms with van der Waals surface area (Å²) in [6.07, 6.45) is 22.6. The summed E-state index contributed by atoms with van der Waals surface area (Å²) >= 11 is 0. The maximum Gasteiger partial charge on any atom is 0.0863 e. The molecule has 2 heterocycles. The van der Waals surface area contributed by atoms with Crippen LogP contribution in [-0.4, -0.2) is 22.5 Å². The summed E-state index contributed by atoms with van der Waals surface area (Å²) in [4.78, 5) is 7.45. The Kier molecular flexibility index (Phi) is 11.9. The molecule has 2 rings (SSSR count). The van der Waals surface area contributed by atoms with Gasteiger partial charge in [0.2, 0.25) is 0 Å². The lowest BCUT2D eigenvalue weighted by Crippen LogP contribution is -2.36. The second-order valence-corrected chi connectivity index (χ2v) is 9.02. The third-order valence-corrected chi connectivity index (χ3v) is 6.57. The van der Waals surface area contributed by atoms with Gasteiger partial charge in [0.25, 0.3) is 0 Å². The van der Waals surface area contributed by atoms with Crippen molar-refractivity contribution in [2.45, 2.75) is 111 Å². The fourth-order valence-corrected chi connectivity index (χ4v) is 4.68. The van der Waals surface area contributed by atoms with Crippen molar-refractivity contribution >= 4 is 5.70 Å². The zero-order valence-electron chi connectivity index (χ0n) is 20.2. The number of aromatic nitrogens is 1. The van der Waals surface area contributed by atoms with E-state index in [9.17, 15) is 0 Å². The van der Waals surface area contributed by atoms with E-state index in [1.54, 1.807) is 5.57 Å². The monoisotopic (exact) mass is 410 g/mol. The van der Waals surface area contributed by atoms with Crippen molar-refractivity contribution in [1.82, 2.24) is 9.88 Å². The van der Waals surface area contributed by atoms with Crippen molar-refractivity contribution in [3.63, 3.8) is 0 Å². The van der Waals surface area contributed by atoms with Crippen LogP contribution in [0, 0.1) is 5.92 Å². The molecule has 0 spiro atoms. The maximum absolute atomic E-state index is 4.78. The van der Waals surface area contributed by atoms with Gasteiger partial charge in [0.05, 0.1) is 11.4 Å². The molecule has 168 valence electrons. The molecular weight excluding hydrogens is 364 g/mol. The Morgan fingerprint density at radius 2 is 1.43 bits per heavy atom. The van der Waals surface area contributed by atoms with Gasteiger partial charge in [-0.2, -0.15) is 0 Å². The predicted octanol–water partition coefficient (Wildman–Crippen LogP) is 8.41. The number of hydrogen-bond donors (Lipinski definition) is 0. The zero-order chi connectivity index (χ0) is 21.6. The first-order valence-corrected chi connectivity index (χ1v) is 12.8. The van der Waals surface area contributed by atoms with Crippen LogP contribution in [0.3, 0.4) is 0 Å². The topological polar surface area (TPSA) is 16.1 Å². The Labute approximate surface area is 186 Å². The summed E-state index contributed by atoms with van der Waals surface area (Å²) < 4.78 is 0. The largest absolute Gasteiger partial charge is 0.363 e. The Bertz CT molecular complexity index is 615. The van der Waals surface area contributed by atoms with E-state index >= 15 is 0 Å². The molecule has 0 unspecified atom stereocenters. The fourth-order valence-electron chi connectivity index (χ4n) is 4.68. The SMILES string of the molecule is CCCCC(CCCC)C1=CCN(C(CCCC)CCCC)C(c2ccccn2)=C1. The molecule has 0 aromatic carbocycles. The predicted molar refractivity (Wildman–Crippen MR) is 132 cm³/mol. The first kappa shape index (κ1) is 24.7. The summed E-state index contributed by atoms with van der Waals surface area (Å²) in [6, 6.07) is 7.00. The summed E-state index contributed by atoms with van der Waals surface area (Å²) in [6.45, 7) is 10.3. The van der Waals surface area contributed by atoms with Gasteiger partial charge in [-0.1, -0.05) is 91.2 Å². The third-order valence-electron chi connectivity index (χ3n) is 6.57. The van der Waals surface area contributed by atoms with Gasteiger partial charge in [-0.3, -0.25) is 4.98 Å². The Morgan fingerprint density at radius 3 is 1.97 bits per heavy atom. The summed E-state index contributed by atoms with van der Waals surface area (Å²) in [5.41, 5.74) is 4.08. The van der Waals surface area contributed by atoms with Crippen molar-refractivity contribution in [3.8, 4) is 0 Å². The van der Waals surface area contributed by atoms with E-state index in [2.05, 4.69) is 56.9 Å². The van der Waals surface area contributed by atoms with E-state index in [1.165, 1.54) is 82.7 Å². The van der Waals surface area contributed by atoms with Crippen LogP contribution in [0.25, 0.3) is 5.70 Å². The minimum Gasteiger partial charge on any atom is -0.363 e. The average Bonchev–Trinajstić information content (AvgIpc) is 2.80. The highest BCUT2D eigenvalue weighted by Crippen LogP contribution is 2.34. The number of nitrogens with zero attached hydrogens (tertiary/aromatic N) is 2. The van der Waals surface area contributed by atoms with Crippen LogP contribution in [0.1, 0.15) is 110 Å². The number of allylic oxidation sites excluding steroid dienone is 2. The van der Waals surface area contributed by atoms with Crippen LogP contribution >= 0.6 is 0 Å². The van der Waals surface area contributed by atoms with Gasteiger partial charge in [-0.15, -0.1) is 0 Å². The summed E-state index contributed by atoms with van der Waals surface area (Å²) in [5.74, 6) is 0.704. The number of unbranched alkanes of at least 4 members (excludes halogenated alkanes) is 4. The molecule has 0 atom stereocenters. The van der Waals surface area contributed by atoms with Gasteiger partial charge in [0.1, 0.15) is 0 Å². The Hall–Kier alpha value is -1.57. The van der Waals surface area contributed by atoms with Crippen molar-refractivity contribution in [2.24, 2.45) is 5.92 Å². The lowest BCUT2D eigenvalue weighted by Gasteiger charge is -2.38. The number of rotatable bonds is 15. The number of hydrogen-bond acceptors (Lipinski definition) is 2. The molecule has 0 amide bonds. The molecular formula is C28H46N2. The fraction of sp³-hybridized carbons (Fsp3) is 0.679. The Balaban J connectivity index is 2.32. The standard InChI is InChI=1S/C28H46N2/c1-5-9-15-24(16-10-6-2)25-20-22-30(26(17-11-7-3)18-12-8-4)28(23-25)27-19-13-14-21-29-27/h13-14,19-21,23-24,26H,5-12,15-18,22H2,1-4H3. The van der Waals surface area contributed by atoms with E-state index in [-0.39, 0.29) is 0 Å². The minimum atomic E-state index is 0.626. The zero-order valence-corrected chi connectivity index (χ0v) is 20.2. The normalized spacial score (nSPS) is 14.4. The van der Waals surface area contributed by atoms with Gasteiger partial charge in [0.15, 0.2) is 0 Å². The van der Waals surface area contributed by atoms with Crippen LogP contribution < -0.4 is 0 Å². The van der Waals surface area contributed by atoms with Gasteiger partial charge in [-0.05, 0) is 55.4 Å². The molecule has 2 heteroatoms. The molecule has 2 nitrogen and oxygen atoms in total. The minimum absolute atomic E-state index is 0.626. The second kappa shape index (κ2) is 14.4. The molecule has 0 saturated heterocycles. The number of pyridine rings is 1. The van der Waals surface area contributed by atoms with Crippen LogP contribution in [0.15, 0.2) is 42.1 Å². The van der Waals surface area contributed by atoms with E-state index in [0.29, 0.717) is 12.0 Å². The molecule has 0 aliphatic carbocycles. The highest BCUT2D eigenvalue weighted by Gasteiger charge is 2.26. The van der Waals surface area contributed by atoms with E-state index < -0.39 is 0 Å². The molecule has 0 saturated carbocycles. The van der Waals surface area contributed by atoms with Gasteiger partial charge < -0.3 is 4.90 Å². The molecule has 1 aliphatic rings. The van der Waals surface area contributed by atoms with Crippen LogP contribution in [0.4, 0.5) is 0 Å². The molecule has 30 heavy (non-hydrogen) atoms. The van der Waals surface area contributed by atoms with E-state index in [0.717, 1.165) is 12.2 Å². The lowest BCUT2D eigenvalue weighted by atomic mass is 9.86. The molecule has 0 N–H and O–H groups in total. The molecule has 0 bridgehead atoms. The van der Waals surface area contributed by atoms with Crippen molar-refractivity contribution < 1.29 is 0 Å². The van der Waals surface area contributed by atoms with Crippen molar-refractivity contribution in [2.75, 3.05) is 6.54 Å². The van der Waals surface area contributed by atoms with E-state index in [1.807, 2.05) is 12.3 Å². The Morgan fingerprint density at radius 1 is 0.833 bits per heavy atom. The molecule has 1 aromatic rings. The quantitative estimate of drug-likeness (QED) is 0.288. The molecule has 1 aliphatic heterocycles. The van der Waals surface area contributed by atoms with Crippen LogP contribution in [0.2, 0.25) is 0 Å². The van der Waals surface area contributed by atoms with Gasteiger partial charge in [0, 0.05) is 18.8 Å². The highest BCUT2D eigenvalue weighted by molar-refractivity contribution is 5.66. The average molecular weight is 411 g/mol. The van der Waals surface area contributed by atoms with Crippen LogP contribution in [-0.2, 0) is 0 Å². The maximum atomic E-state index is 4.78. The van der Waals surface area contributed by atoms with Gasteiger partial charge in [-0.25, -0.2) is 0 Å². The van der Waals surface area contributed by atoms with Crippen molar-refractivity contribution in [1.29, 1.82) is 0 Å². The second-order valence-electron chi connectivity index (χ2n) is 9.02. The summed E-state index contributed by atoms with van der Waals surface area (Å²) in [5, 5.41) is 0. The molecule has 1 aromatic heterocycles. The first-order valence-electron chi connectivity index (χ1n) is 12.8. The summed E-state index contributed by atoms with van der Waals surface area (Å²) in [7, 11) is 0. The lowest BCUT2D eigenvalue weighted by molar-refractivity contribution is 0.271. The van der Waals surface area contributed by atoms with Crippen LogP contribution in [0.5, 0.6) is 0 Å². The van der Waals surface area contributed by atoms with Gasteiger partial charge >= 0.3 is 0 Å². The van der Waals surface area contributed by atoms with E-state index in [4.69, 9.17) is 4.98 Å². The molecule has 0 fully saturated rings.